The Morgan fingerprint density at radius 3 is 1.58 bits per heavy atom. The van der Waals surface area contributed by atoms with Gasteiger partial charge in [-0.25, -0.2) is 0 Å². The average Bonchev–Trinajstić information content (AvgIpc) is 2.51. The third-order valence-electron chi connectivity index (χ3n) is 4.33. The standard InChI is InChI=1S/C17H37NO5S/c1-2-3-4-5-6-7-8-9-10-11-12-17(24(21,22)23)18(13-15-19)14-16-20/h17,19-20H,2-16H2,1H3,(H,21,22,23). The van der Waals surface area contributed by atoms with E-state index >= 15 is 0 Å². The van der Waals surface area contributed by atoms with Crippen molar-refractivity contribution in [1.29, 1.82) is 0 Å². The van der Waals surface area contributed by atoms with Crippen molar-refractivity contribution in [2.45, 2.75) is 82.9 Å². The number of rotatable bonds is 17. The number of aliphatic hydroxyl groups excluding tert-OH is 2. The largest absolute Gasteiger partial charge is 0.395 e. The SMILES string of the molecule is CCCCCCCCCCCCC(N(CCO)CCO)S(=O)(=O)O. The van der Waals surface area contributed by atoms with Crippen molar-refractivity contribution in [1.82, 2.24) is 4.90 Å². The topological polar surface area (TPSA) is 98.1 Å². The fourth-order valence-corrected chi connectivity index (χ4v) is 4.04. The Labute approximate surface area is 148 Å². The van der Waals surface area contributed by atoms with Crippen molar-refractivity contribution in [3.05, 3.63) is 0 Å². The summed E-state index contributed by atoms with van der Waals surface area (Å²) in [5.74, 6) is 0. The minimum absolute atomic E-state index is 0.128. The van der Waals surface area contributed by atoms with Crippen molar-refractivity contribution >= 4 is 10.1 Å². The molecule has 0 bridgehead atoms. The molecule has 0 aliphatic heterocycles. The Morgan fingerprint density at radius 2 is 1.21 bits per heavy atom. The summed E-state index contributed by atoms with van der Waals surface area (Å²) in [5.41, 5.74) is 0. The van der Waals surface area contributed by atoms with Crippen molar-refractivity contribution in [2.75, 3.05) is 26.3 Å². The molecular formula is C17H37NO5S. The van der Waals surface area contributed by atoms with E-state index in [0.29, 0.717) is 12.8 Å². The lowest BCUT2D eigenvalue weighted by Gasteiger charge is -2.28. The van der Waals surface area contributed by atoms with E-state index in [1.165, 1.54) is 49.8 Å². The van der Waals surface area contributed by atoms with Gasteiger partial charge in [-0.15, -0.1) is 0 Å². The fourth-order valence-electron chi connectivity index (χ4n) is 2.98. The van der Waals surface area contributed by atoms with Gasteiger partial charge in [-0.05, 0) is 6.42 Å². The fraction of sp³-hybridized carbons (Fsp3) is 1.00. The molecule has 6 nitrogen and oxygen atoms in total. The van der Waals surface area contributed by atoms with Crippen molar-refractivity contribution < 1.29 is 23.2 Å². The van der Waals surface area contributed by atoms with Gasteiger partial charge in [0.15, 0.2) is 0 Å². The van der Waals surface area contributed by atoms with E-state index in [1.54, 1.807) is 0 Å². The van der Waals surface area contributed by atoms with Crippen molar-refractivity contribution in [2.24, 2.45) is 0 Å². The summed E-state index contributed by atoms with van der Waals surface area (Å²) in [4.78, 5) is 1.43. The van der Waals surface area contributed by atoms with Gasteiger partial charge in [0.05, 0.1) is 13.2 Å². The van der Waals surface area contributed by atoms with Crippen LogP contribution in [-0.4, -0.2) is 59.8 Å². The molecule has 3 N–H and O–H groups in total. The third kappa shape index (κ3) is 12.2. The van der Waals surface area contributed by atoms with Gasteiger partial charge in [0, 0.05) is 13.1 Å². The van der Waals surface area contributed by atoms with Crippen LogP contribution < -0.4 is 0 Å². The maximum atomic E-state index is 11.6. The Balaban J connectivity index is 3.99. The van der Waals surface area contributed by atoms with E-state index in [2.05, 4.69) is 6.92 Å². The van der Waals surface area contributed by atoms with E-state index in [-0.39, 0.29) is 26.3 Å². The lowest BCUT2D eigenvalue weighted by Crippen LogP contribution is -2.44. The minimum atomic E-state index is -4.22. The zero-order chi connectivity index (χ0) is 18.3. The quantitative estimate of drug-likeness (QED) is 0.270. The second kappa shape index (κ2) is 15.1. The molecular weight excluding hydrogens is 330 g/mol. The summed E-state index contributed by atoms with van der Waals surface area (Å²) in [6.45, 7) is 2.06. The van der Waals surface area contributed by atoms with Crippen molar-refractivity contribution in [3.8, 4) is 0 Å². The Kier molecular flexibility index (Phi) is 14.9. The van der Waals surface area contributed by atoms with Gasteiger partial charge in [-0.1, -0.05) is 71.1 Å². The lowest BCUT2D eigenvalue weighted by molar-refractivity contribution is 0.140. The minimum Gasteiger partial charge on any atom is -0.395 e. The molecule has 0 aliphatic rings. The van der Waals surface area contributed by atoms with Gasteiger partial charge in [-0.2, -0.15) is 8.42 Å². The van der Waals surface area contributed by atoms with Gasteiger partial charge in [0.2, 0.25) is 0 Å². The molecule has 1 atom stereocenters. The van der Waals surface area contributed by atoms with Gasteiger partial charge >= 0.3 is 0 Å². The molecule has 0 aliphatic carbocycles. The number of unbranched alkanes of at least 4 members (excludes halogenated alkanes) is 9. The second-order valence-corrected chi connectivity index (χ2v) is 8.00. The Bertz CT molecular complexity index is 369. The number of aliphatic hydroxyl groups is 2. The van der Waals surface area contributed by atoms with Crippen LogP contribution in [0.5, 0.6) is 0 Å². The molecule has 0 aromatic rings. The lowest BCUT2D eigenvalue weighted by atomic mass is 10.1. The highest BCUT2D eigenvalue weighted by atomic mass is 32.2. The zero-order valence-electron chi connectivity index (χ0n) is 15.2. The summed E-state index contributed by atoms with van der Waals surface area (Å²) >= 11 is 0. The monoisotopic (exact) mass is 367 g/mol. The van der Waals surface area contributed by atoms with Gasteiger partial charge < -0.3 is 10.2 Å². The van der Waals surface area contributed by atoms with Crippen LogP contribution in [0.25, 0.3) is 0 Å². The molecule has 0 aromatic heterocycles. The highest BCUT2D eigenvalue weighted by Gasteiger charge is 2.28. The second-order valence-electron chi connectivity index (χ2n) is 6.42. The Morgan fingerprint density at radius 1 is 0.792 bits per heavy atom. The van der Waals surface area contributed by atoms with E-state index in [4.69, 9.17) is 10.2 Å². The van der Waals surface area contributed by atoms with E-state index in [0.717, 1.165) is 12.8 Å². The summed E-state index contributed by atoms with van der Waals surface area (Å²) in [5, 5.41) is 17.0. The summed E-state index contributed by atoms with van der Waals surface area (Å²) in [6, 6.07) is 0. The first-order chi connectivity index (χ1) is 11.5. The van der Waals surface area contributed by atoms with Crippen LogP contribution in [0.1, 0.15) is 77.6 Å². The summed E-state index contributed by atoms with van der Waals surface area (Å²) in [7, 11) is -4.22. The van der Waals surface area contributed by atoms with Crippen LogP contribution in [-0.2, 0) is 10.1 Å². The zero-order valence-corrected chi connectivity index (χ0v) is 16.0. The molecule has 0 heterocycles. The predicted molar refractivity (Wildman–Crippen MR) is 97.5 cm³/mol. The first kappa shape index (κ1) is 23.8. The average molecular weight is 368 g/mol. The number of hydrogen-bond donors (Lipinski definition) is 3. The molecule has 7 heteroatoms. The highest BCUT2D eigenvalue weighted by Crippen LogP contribution is 2.17. The van der Waals surface area contributed by atoms with Crippen LogP contribution in [0.2, 0.25) is 0 Å². The van der Waals surface area contributed by atoms with Crippen LogP contribution >= 0.6 is 0 Å². The number of nitrogens with zero attached hydrogens (tertiary/aromatic N) is 1. The predicted octanol–water partition coefficient (Wildman–Crippen LogP) is 2.80. The van der Waals surface area contributed by atoms with Crippen LogP contribution in [0.4, 0.5) is 0 Å². The molecule has 0 rings (SSSR count). The molecule has 0 aromatic carbocycles. The normalized spacial score (nSPS) is 13.5. The number of hydrogen-bond acceptors (Lipinski definition) is 5. The molecule has 0 spiro atoms. The molecule has 146 valence electrons. The van der Waals surface area contributed by atoms with Gasteiger partial charge in [-0.3, -0.25) is 9.45 Å². The van der Waals surface area contributed by atoms with Crippen molar-refractivity contribution in [3.63, 3.8) is 0 Å². The van der Waals surface area contributed by atoms with Gasteiger partial charge in [0.1, 0.15) is 5.37 Å². The van der Waals surface area contributed by atoms with Crippen LogP contribution in [0.15, 0.2) is 0 Å². The maximum absolute atomic E-state index is 11.6. The molecule has 0 radical (unpaired) electrons. The first-order valence-electron chi connectivity index (χ1n) is 9.39. The highest BCUT2D eigenvalue weighted by molar-refractivity contribution is 7.86. The molecule has 24 heavy (non-hydrogen) atoms. The summed E-state index contributed by atoms with van der Waals surface area (Å²) < 4.78 is 32.5. The van der Waals surface area contributed by atoms with E-state index in [1.807, 2.05) is 0 Å². The van der Waals surface area contributed by atoms with Gasteiger partial charge in [0.25, 0.3) is 10.1 Å². The maximum Gasteiger partial charge on any atom is 0.281 e. The molecule has 0 amide bonds. The third-order valence-corrected chi connectivity index (χ3v) is 5.55. The van der Waals surface area contributed by atoms with E-state index < -0.39 is 15.5 Å². The van der Waals surface area contributed by atoms with E-state index in [9.17, 15) is 13.0 Å². The summed E-state index contributed by atoms with van der Waals surface area (Å²) in [6.07, 6.45) is 11.9. The van der Waals surface area contributed by atoms with Crippen LogP contribution in [0, 0.1) is 0 Å². The molecule has 1 unspecified atom stereocenters. The Hall–Kier alpha value is -0.210. The molecule has 0 saturated heterocycles. The molecule has 0 saturated carbocycles. The smallest absolute Gasteiger partial charge is 0.281 e. The molecule has 0 fully saturated rings. The van der Waals surface area contributed by atoms with Crippen LogP contribution in [0.3, 0.4) is 0 Å². The first-order valence-corrected chi connectivity index (χ1v) is 10.9.